The lowest BCUT2D eigenvalue weighted by Crippen LogP contribution is -2.23. The van der Waals surface area contributed by atoms with Crippen molar-refractivity contribution in [2.45, 2.75) is 45.1 Å². The maximum atomic E-state index is 4.59. The van der Waals surface area contributed by atoms with Crippen LogP contribution in [0.5, 0.6) is 0 Å². The molecule has 0 amide bonds. The van der Waals surface area contributed by atoms with Crippen LogP contribution in [0.4, 0.5) is 17.5 Å². The van der Waals surface area contributed by atoms with Crippen LogP contribution in [0, 0.1) is 6.92 Å². The molecule has 0 saturated heterocycles. The summed E-state index contributed by atoms with van der Waals surface area (Å²) in [6.45, 7) is 2.00. The van der Waals surface area contributed by atoms with E-state index >= 15 is 0 Å². The lowest BCUT2D eigenvalue weighted by molar-refractivity contribution is 0.462. The largest absolute Gasteiger partial charge is 0.367 e. The number of aromatic nitrogens is 2. The molecular formula is C17H22N4. The molecule has 1 fully saturated rings. The van der Waals surface area contributed by atoms with Crippen molar-refractivity contribution in [1.29, 1.82) is 0 Å². The molecule has 1 aromatic heterocycles. The Labute approximate surface area is 126 Å². The maximum Gasteiger partial charge on any atom is 0.229 e. The van der Waals surface area contributed by atoms with Crippen molar-refractivity contribution in [2.75, 3.05) is 10.6 Å². The molecule has 2 aromatic rings. The highest BCUT2D eigenvalue weighted by Gasteiger charge is 2.14. The standard InChI is InChI=1S/C17H22N4/c1-13-12-16(19-14-8-4-2-5-9-14)21-17(18-13)20-15-10-6-3-7-11-15/h3,6-7,10-12,14H,2,4-5,8-9H2,1H3,(H2,18,19,20,21). The van der Waals surface area contributed by atoms with Crippen molar-refractivity contribution in [1.82, 2.24) is 9.97 Å². The second-order valence-corrected chi connectivity index (χ2v) is 5.69. The molecule has 2 N–H and O–H groups in total. The average molecular weight is 282 g/mol. The molecule has 4 heteroatoms. The van der Waals surface area contributed by atoms with E-state index in [-0.39, 0.29) is 0 Å². The molecule has 1 aromatic carbocycles. The number of hydrogen-bond donors (Lipinski definition) is 2. The fourth-order valence-electron chi connectivity index (χ4n) is 2.81. The molecule has 3 rings (SSSR count). The van der Waals surface area contributed by atoms with Gasteiger partial charge in [0.05, 0.1) is 0 Å². The van der Waals surface area contributed by atoms with Crippen molar-refractivity contribution in [3.8, 4) is 0 Å². The van der Waals surface area contributed by atoms with Gasteiger partial charge in [-0.25, -0.2) is 4.98 Å². The molecule has 0 atom stereocenters. The van der Waals surface area contributed by atoms with Gasteiger partial charge in [-0.1, -0.05) is 37.5 Å². The van der Waals surface area contributed by atoms with E-state index in [2.05, 4.69) is 20.6 Å². The van der Waals surface area contributed by atoms with Gasteiger partial charge in [0.2, 0.25) is 5.95 Å². The predicted octanol–water partition coefficient (Wildman–Crippen LogP) is 4.27. The van der Waals surface area contributed by atoms with Crippen LogP contribution in [0.15, 0.2) is 36.4 Å². The zero-order valence-corrected chi connectivity index (χ0v) is 12.5. The lowest BCUT2D eigenvalue weighted by Gasteiger charge is -2.23. The fraction of sp³-hybridized carbons (Fsp3) is 0.412. The Morgan fingerprint density at radius 3 is 2.52 bits per heavy atom. The first-order valence-electron chi connectivity index (χ1n) is 7.74. The SMILES string of the molecule is Cc1cc(NC2CCCCC2)nc(Nc2ccccc2)n1. The fourth-order valence-corrected chi connectivity index (χ4v) is 2.81. The molecule has 1 saturated carbocycles. The van der Waals surface area contributed by atoms with E-state index in [1.807, 2.05) is 43.3 Å². The number of benzene rings is 1. The Morgan fingerprint density at radius 2 is 1.76 bits per heavy atom. The average Bonchev–Trinajstić information content (AvgIpc) is 2.48. The lowest BCUT2D eigenvalue weighted by atomic mass is 9.95. The summed E-state index contributed by atoms with van der Waals surface area (Å²) in [7, 11) is 0. The van der Waals surface area contributed by atoms with Gasteiger partial charge in [0, 0.05) is 23.5 Å². The van der Waals surface area contributed by atoms with Gasteiger partial charge in [-0.3, -0.25) is 0 Å². The Kier molecular flexibility index (Phi) is 4.34. The number of anilines is 3. The van der Waals surface area contributed by atoms with Crippen molar-refractivity contribution >= 4 is 17.5 Å². The molecule has 0 spiro atoms. The second kappa shape index (κ2) is 6.57. The van der Waals surface area contributed by atoms with Gasteiger partial charge in [-0.15, -0.1) is 0 Å². The highest BCUT2D eigenvalue weighted by Crippen LogP contribution is 2.22. The molecule has 0 bridgehead atoms. The summed E-state index contributed by atoms with van der Waals surface area (Å²) in [6.07, 6.45) is 6.48. The molecule has 4 nitrogen and oxygen atoms in total. The first-order valence-corrected chi connectivity index (χ1v) is 7.74. The van der Waals surface area contributed by atoms with Crippen LogP contribution in [0.3, 0.4) is 0 Å². The molecular weight excluding hydrogens is 260 g/mol. The summed E-state index contributed by atoms with van der Waals surface area (Å²) in [4.78, 5) is 9.05. The van der Waals surface area contributed by atoms with Gasteiger partial charge in [0.25, 0.3) is 0 Å². The quantitative estimate of drug-likeness (QED) is 0.879. The third kappa shape index (κ3) is 3.94. The number of para-hydroxylation sites is 1. The van der Waals surface area contributed by atoms with Crippen LogP contribution in [0.1, 0.15) is 37.8 Å². The molecule has 110 valence electrons. The molecule has 1 aliphatic carbocycles. The minimum Gasteiger partial charge on any atom is -0.367 e. The van der Waals surface area contributed by atoms with Crippen molar-refractivity contribution < 1.29 is 0 Å². The summed E-state index contributed by atoms with van der Waals surface area (Å²) < 4.78 is 0. The second-order valence-electron chi connectivity index (χ2n) is 5.69. The summed E-state index contributed by atoms with van der Waals surface area (Å²) in [5, 5.41) is 6.82. The minimum atomic E-state index is 0.553. The summed E-state index contributed by atoms with van der Waals surface area (Å²) in [5.74, 6) is 1.58. The molecule has 0 aliphatic heterocycles. The minimum absolute atomic E-state index is 0.553. The number of rotatable bonds is 4. The first kappa shape index (κ1) is 13.9. The normalized spacial score (nSPS) is 15.7. The van der Waals surface area contributed by atoms with Crippen LogP contribution >= 0.6 is 0 Å². The first-order chi connectivity index (χ1) is 10.3. The van der Waals surface area contributed by atoms with Crippen LogP contribution in [-0.2, 0) is 0 Å². The van der Waals surface area contributed by atoms with E-state index in [1.165, 1.54) is 32.1 Å². The maximum absolute atomic E-state index is 4.59. The smallest absolute Gasteiger partial charge is 0.229 e. The van der Waals surface area contributed by atoms with Gasteiger partial charge >= 0.3 is 0 Å². The third-order valence-corrected chi connectivity index (χ3v) is 3.84. The number of hydrogen-bond acceptors (Lipinski definition) is 4. The summed E-state index contributed by atoms with van der Waals surface area (Å²) in [5.41, 5.74) is 1.98. The van der Waals surface area contributed by atoms with Crippen LogP contribution in [0.25, 0.3) is 0 Å². The predicted molar refractivity (Wildman–Crippen MR) is 87.0 cm³/mol. The zero-order valence-electron chi connectivity index (χ0n) is 12.5. The van der Waals surface area contributed by atoms with Gasteiger partial charge in [-0.05, 0) is 31.9 Å². The van der Waals surface area contributed by atoms with E-state index in [4.69, 9.17) is 0 Å². The van der Waals surface area contributed by atoms with Crippen molar-refractivity contribution in [2.24, 2.45) is 0 Å². The van der Waals surface area contributed by atoms with Crippen LogP contribution in [0.2, 0.25) is 0 Å². The molecule has 1 aliphatic rings. The zero-order chi connectivity index (χ0) is 14.5. The summed E-state index contributed by atoms with van der Waals surface area (Å²) >= 11 is 0. The topological polar surface area (TPSA) is 49.8 Å². The highest BCUT2D eigenvalue weighted by atomic mass is 15.1. The van der Waals surface area contributed by atoms with Gasteiger partial charge in [-0.2, -0.15) is 4.98 Å². The van der Waals surface area contributed by atoms with Gasteiger partial charge < -0.3 is 10.6 Å². The monoisotopic (exact) mass is 282 g/mol. The highest BCUT2D eigenvalue weighted by molar-refractivity contribution is 5.55. The van der Waals surface area contributed by atoms with E-state index in [0.29, 0.717) is 12.0 Å². The molecule has 0 radical (unpaired) electrons. The van der Waals surface area contributed by atoms with Gasteiger partial charge in [0.15, 0.2) is 0 Å². The molecule has 0 unspecified atom stereocenters. The Balaban J connectivity index is 1.73. The van der Waals surface area contributed by atoms with E-state index in [0.717, 1.165) is 17.2 Å². The summed E-state index contributed by atoms with van der Waals surface area (Å²) in [6, 6.07) is 12.6. The van der Waals surface area contributed by atoms with E-state index in [9.17, 15) is 0 Å². The molecule has 21 heavy (non-hydrogen) atoms. The van der Waals surface area contributed by atoms with E-state index in [1.54, 1.807) is 0 Å². The number of nitrogens with one attached hydrogen (secondary N) is 2. The number of aryl methyl sites for hydroxylation is 1. The number of nitrogens with zero attached hydrogens (tertiary/aromatic N) is 2. The van der Waals surface area contributed by atoms with Crippen molar-refractivity contribution in [3.05, 3.63) is 42.1 Å². The van der Waals surface area contributed by atoms with Crippen LogP contribution < -0.4 is 10.6 Å². The van der Waals surface area contributed by atoms with Gasteiger partial charge in [0.1, 0.15) is 5.82 Å². The Morgan fingerprint density at radius 1 is 1.00 bits per heavy atom. The van der Waals surface area contributed by atoms with Crippen LogP contribution in [-0.4, -0.2) is 16.0 Å². The van der Waals surface area contributed by atoms with Crippen molar-refractivity contribution in [3.63, 3.8) is 0 Å². The third-order valence-electron chi connectivity index (χ3n) is 3.84. The Bertz CT molecular complexity index is 577. The van der Waals surface area contributed by atoms with E-state index < -0.39 is 0 Å². The molecule has 1 heterocycles. The Hall–Kier alpha value is -2.10.